The number of hydrogen-bond donors (Lipinski definition) is 1. The van der Waals surface area contributed by atoms with E-state index in [1.165, 1.54) is 12.8 Å². The molecule has 0 spiro atoms. The van der Waals surface area contributed by atoms with E-state index in [0.29, 0.717) is 31.2 Å². The number of aromatic nitrogens is 3. The summed E-state index contributed by atoms with van der Waals surface area (Å²) in [4.78, 5) is 14.8. The Balaban J connectivity index is 1.80. The van der Waals surface area contributed by atoms with Gasteiger partial charge in [-0.1, -0.05) is 12.8 Å². The molecule has 1 aromatic rings. The first kappa shape index (κ1) is 13.1. The lowest BCUT2D eigenvalue weighted by atomic mass is 10.2. The van der Waals surface area contributed by atoms with Crippen LogP contribution in [-0.2, 0) is 4.74 Å². The molecule has 106 valence electrons. The summed E-state index contributed by atoms with van der Waals surface area (Å²) >= 11 is 0. The second-order valence-corrected chi connectivity index (χ2v) is 5.12. The van der Waals surface area contributed by atoms with Crippen LogP contribution in [0.2, 0.25) is 0 Å². The van der Waals surface area contributed by atoms with Crippen LogP contribution in [0.4, 0.5) is 11.9 Å². The van der Waals surface area contributed by atoms with Gasteiger partial charge in [-0.2, -0.15) is 20.2 Å². The molecule has 1 saturated carbocycles. The van der Waals surface area contributed by atoms with Crippen LogP contribution in [0.15, 0.2) is 0 Å². The van der Waals surface area contributed by atoms with Gasteiger partial charge in [-0.25, -0.2) is 0 Å². The quantitative estimate of drug-likeness (QED) is 0.877. The van der Waals surface area contributed by atoms with E-state index in [0.717, 1.165) is 25.9 Å². The van der Waals surface area contributed by atoms with Gasteiger partial charge in [-0.05, 0) is 12.8 Å². The summed E-state index contributed by atoms with van der Waals surface area (Å²) in [6.45, 7) is 2.83. The zero-order valence-corrected chi connectivity index (χ0v) is 11.4. The predicted octanol–water partition coefficient (Wildman–Crippen LogP) is 0.934. The van der Waals surface area contributed by atoms with Gasteiger partial charge >= 0.3 is 0 Å². The third-order valence-electron chi connectivity index (χ3n) is 3.71. The minimum atomic E-state index is 0.169. The Bertz CT molecular complexity index is 502. The van der Waals surface area contributed by atoms with Gasteiger partial charge in [0.05, 0.1) is 13.2 Å². The van der Waals surface area contributed by atoms with Crippen LogP contribution >= 0.6 is 0 Å². The molecular formula is C13H18N6O. The van der Waals surface area contributed by atoms with Crippen molar-refractivity contribution in [1.82, 2.24) is 15.0 Å². The molecule has 2 fully saturated rings. The van der Waals surface area contributed by atoms with Crippen molar-refractivity contribution in [3.63, 3.8) is 0 Å². The maximum Gasteiger partial charge on any atom is 0.238 e. The minimum absolute atomic E-state index is 0.169. The highest BCUT2D eigenvalue weighted by molar-refractivity contribution is 5.40. The van der Waals surface area contributed by atoms with E-state index < -0.39 is 0 Å². The fourth-order valence-electron chi connectivity index (χ4n) is 2.64. The third kappa shape index (κ3) is 2.96. The lowest BCUT2D eigenvalue weighted by Gasteiger charge is -2.27. The van der Waals surface area contributed by atoms with Crippen molar-refractivity contribution in [2.24, 2.45) is 0 Å². The fourth-order valence-corrected chi connectivity index (χ4v) is 2.64. The molecule has 0 bridgehead atoms. The first-order chi connectivity index (χ1) is 9.85. The molecule has 7 heteroatoms. The summed E-state index contributed by atoms with van der Waals surface area (Å²) < 4.78 is 5.32. The zero-order valence-electron chi connectivity index (χ0n) is 11.4. The van der Waals surface area contributed by atoms with E-state index in [2.05, 4.69) is 20.3 Å². The average Bonchev–Trinajstić information content (AvgIpc) is 3.00. The summed E-state index contributed by atoms with van der Waals surface area (Å²) in [6.07, 6.45) is 4.76. The third-order valence-corrected chi connectivity index (χ3v) is 3.71. The summed E-state index contributed by atoms with van der Waals surface area (Å²) in [6, 6.07) is 2.43. The van der Waals surface area contributed by atoms with Crippen LogP contribution in [0.5, 0.6) is 0 Å². The second kappa shape index (κ2) is 6.01. The minimum Gasteiger partial charge on any atom is -0.378 e. The van der Waals surface area contributed by atoms with Crippen molar-refractivity contribution in [2.45, 2.75) is 31.7 Å². The van der Waals surface area contributed by atoms with Gasteiger partial charge in [-0.15, -0.1) is 0 Å². The van der Waals surface area contributed by atoms with Gasteiger partial charge in [0, 0.05) is 19.1 Å². The Kier molecular flexibility index (Phi) is 3.92. The smallest absolute Gasteiger partial charge is 0.238 e. The Hall–Kier alpha value is -1.94. The number of morpholine rings is 1. The van der Waals surface area contributed by atoms with Crippen LogP contribution in [0.3, 0.4) is 0 Å². The number of nitriles is 1. The molecular weight excluding hydrogens is 256 g/mol. The normalized spacial score (nSPS) is 19.9. The van der Waals surface area contributed by atoms with Crippen molar-refractivity contribution in [2.75, 3.05) is 36.5 Å². The molecule has 0 atom stereocenters. The van der Waals surface area contributed by atoms with Crippen LogP contribution in [0, 0.1) is 11.3 Å². The Morgan fingerprint density at radius 2 is 1.90 bits per heavy atom. The molecule has 2 heterocycles. The number of rotatable bonds is 3. The molecule has 1 saturated heterocycles. The largest absolute Gasteiger partial charge is 0.378 e. The molecule has 1 N–H and O–H groups in total. The molecule has 0 amide bonds. The number of ether oxygens (including phenoxy) is 1. The van der Waals surface area contributed by atoms with Crippen molar-refractivity contribution < 1.29 is 4.74 Å². The molecule has 1 aliphatic heterocycles. The summed E-state index contributed by atoms with van der Waals surface area (Å²) in [5.41, 5.74) is 0. The topological polar surface area (TPSA) is 87.0 Å². The predicted molar refractivity (Wildman–Crippen MR) is 73.5 cm³/mol. The second-order valence-electron chi connectivity index (χ2n) is 5.12. The highest BCUT2D eigenvalue weighted by Crippen LogP contribution is 2.21. The van der Waals surface area contributed by atoms with Gasteiger partial charge in [0.2, 0.25) is 17.7 Å². The summed E-state index contributed by atoms with van der Waals surface area (Å²) in [7, 11) is 0. The van der Waals surface area contributed by atoms with E-state index in [1.807, 2.05) is 11.0 Å². The number of hydrogen-bond acceptors (Lipinski definition) is 7. The van der Waals surface area contributed by atoms with Crippen LogP contribution < -0.4 is 10.2 Å². The highest BCUT2D eigenvalue weighted by atomic mass is 16.5. The maximum absolute atomic E-state index is 9.07. The monoisotopic (exact) mass is 274 g/mol. The zero-order chi connectivity index (χ0) is 13.8. The molecule has 1 aromatic heterocycles. The molecule has 7 nitrogen and oxygen atoms in total. The number of nitrogens with one attached hydrogen (secondary N) is 1. The first-order valence-electron chi connectivity index (χ1n) is 7.10. The van der Waals surface area contributed by atoms with Gasteiger partial charge in [0.15, 0.2) is 0 Å². The van der Waals surface area contributed by atoms with Gasteiger partial charge < -0.3 is 15.0 Å². The molecule has 1 aliphatic carbocycles. The Labute approximate surface area is 118 Å². The lowest BCUT2D eigenvalue weighted by Crippen LogP contribution is -2.37. The molecule has 3 rings (SSSR count). The SMILES string of the molecule is N#Cc1nc(NC2CCCC2)nc(N2CCOCC2)n1. The Morgan fingerprint density at radius 1 is 1.15 bits per heavy atom. The van der Waals surface area contributed by atoms with Crippen LogP contribution in [-0.4, -0.2) is 47.3 Å². The summed E-state index contributed by atoms with van der Waals surface area (Å²) in [5.74, 6) is 1.26. The summed E-state index contributed by atoms with van der Waals surface area (Å²) in [5, 5.41) is 12.4. The van der Waals surface area contributed by atoms with E-state index in [4.69, 9.17) is 10.00 Å². The van der Waals surface area contributed by atoms with E-state index in [1.54, 1.807) is 0 Å². The van der Waals surface area contributed by atoms with Crippen molar-refractivity contribution in [1.29, 1.82) is 5.26 Å². The standard InChI is InChI=1S/C13H18N6O/c14-9-11-16-12(15-10-3-1-2-4-10)18-13(17-11)19-5-7-20-8-6-19/h10H,1-8H2,(H,15,16,17,18). The van der Waals surface area contributed by atoms with Gasteiger partial charge in [-0.3, -0.25) is 0 Å². The molecule has 20 heavy (non-hydrogen) atoms. The van der Waals surface area contributed by atoms with Crippen molar-refractivity contribution in [3.05, 3.63) is 5.82 Å². The lowest BCUT2D eigenvalue weighted by molar-refractivity contribution is 0.122. The fraction of sp³-hybridized carbons (Fsp3) is 0.692. The highest BCUT2D eigenvalue weighted by Gasteiger charge is 2.19. The molecule has 0 aromatic carbocycles. The first-order valence-corrected chi connectivity index (χ1v) is 7.10. The van der Waals surface area contributed by atoms with E-state index in [-0.39, 0.29) is 5.82 Å². The van der Waals surface area contributed by atoms with Crippen LogP contribution in [0.1, 0.15) is 31.5 Å². The number of anilines is 2. The average molecular weight is 274 g/mol. The van der Waals surface area contributed by atoms with E-state index in [9.17, 15) is 0 Å². The maximum atomic E-state index is 9.07. The molecule has 0 radical (unpaired) electrons. The number of nitrogens with zero attached hydrogens (tertiary/aromatic N) is 5. The van der Waals surface area contributed by atoms with Gasteiger partial charge in [0.25, 0.3) is 0 Å². The molecule has 0 unspecified atom stereocenters. The van der Waals surface area contributed by atoms with Crippen molar-refractivity contribution in [3.8, 4) is 6.07 Å². The molecule has 2 aliphatic rings. The Morgan fingerprint density at radius 3 is 2.60 bits per heavy atom. The van der Waals surface area contributed by atoms with Crippen molar-refractivity contribution >= 4 is 11.9 Å². The van der Waals surface area contributed by atoms with Crippen LogP contribution in [0.25, 0.3) is 0 Å². The van der Waals surface area contributed by atoms with Gasteiger partial charge in [0.1, 0.15) is 6.07 Å². The van der Waals surface area contributed by atoms with E-state index >= 15 is 0 Å².